The minimum Gasteiger partial charge on any atom is -0.861 e. The Kier molecular flexibility index (Phi) is 8.48. The number of ether oxygens (including phenoxy) is 2. The summed E-state index contributed by atoms with van der Waals surface area (Å²) in [6.07, 6.45) is 3.21. The van der Waals surface area contributed by atoms with Crippen molar-refractivity contribution >= 4 is 46.4 Å². The van der Waals surface area contributed by atoms with Gasteiger partial charge in [0.15, 0.2) is 5.17 Å². The molecule has 0 saturated carbocycles. The van der Waals surface area contributed by atoms with E-state index in [2.05, 4.69) is 15.3 Å². The zero-order valence-electron chi connectivity index (χ0n) is 19.9. The molecule has 2 aromatic carbocycles. The molecule has 1 aliphatic heterocycles. The number of thioether (sulfide) groups is 1. The summed E-state index contributed by atoms with van der Waals surface area (Å²) in [7, 11) is 1.58. The molecule has 186 valence electrons. The molecule has 1 amide bonds. The molecule has 3 aromatic rings. The number of carbonyl (C=O) groups excluding carboxylic acids is 1. The van der Waals surface area contributed by atoms with E-state index in [1.54, 1.807) is 13.2 Å². The number of carbonyl (C=O) groups is 1. The fourth-order valence-corrected chi connectivity index (χ4v) is 4.12. The maximum Gasteiger partial charge on any atom is 0.320 e. The summed E-state index contributed by atoms with van der Waals surface area (Å²) < 4.78 is 17.2. The molecule has 0 aliphatic carbocycles. The SMILES string of the molecule is CCOc1ccccc1/C=C1/N=C(SC/C([O-])=N/c2c[n+](CCOC)no2)N(c2ccccc2)C1=O. The highest BCUT2D eigenvalue weighted by Crippen LogP contribution is 2.31. The molecule has 0 N–H and O–H groups in total. The van der Waals surface area contributed by atoms with E-state index in [0.29, 0.717) is 36.4 Å². The summed E-state index contributed by atoms with van der Waals surface area (Å²) >= 11 is 1.12. The van der Waals surface area contributed by atoms with Crippen molar-refractivity contribution in [2.75, 3.05) is 31.0 Å². The summed E-state index contributed by atoms with van der Waals surface area (Å²) in [6, 6.07) is 16.6. The topological polar surface area (TPSA) is 116 Å². The maximum atomic E-state index is 13.4. The lowest BCUT2D eigenvalue weighted by atomic mass is 10.1. The lowest BCUT2D eigenvalue weighted by Crippen LogP contribution is -2.36. The van der Waals surface area contributed by atoms with Crippen LogP contribution in [0.1, 0.15) is 12.5 Å². The van der Waals surface area contributed by atoms with Gasteiger partial charge in [-0.25, -0.2) is 9.98 Å². The van der Waals surface area contributed by atoms with Crippen molar-refractivity contribution in [3.8, 4) is 5.75 Å². The molecule has 36 heavy (non-hydrogen) atoms. The average molecular weight is 508 g/mol. The van der Waals surface area contributed by atoms with Crippen LogP contribution >= 0.6 is 11.8 Å². The van der Waals surface area contributed by atoms with Gasteiger partial charge in [0.05, 0.1) is 12.3 Å². The van der Waals surface area contributed by atoms with Crippen molar-refractivity contribution < 1.29 is 28.6 Å². The molecule has 0 saturated heterocycles. The Balaban J connectivity index is 1.56. The van der Waals surface area contributed by atoms with Crippen LogP contribution in [0.5, 0.6) is 5.75 Å². The standard InChI is InChI=1S/C25H25N5O5S/c1-3-34-21-12-8-7-9-18(21)15-20-24(32)30(19-10-5-4-6-11-19)25(26-20)36-17-22(31)27-23-16-29(28-35-23)13-14-33-2/h4-12,15-16H,3,13-14,17H2,1-2H3/b20-15+. The number of hydrogen-bond donors (Lipinski definition) is 0. The Labute approximate surface area is 212 Å². The number of nitrogens with zero attached hydrogens (tertiary/aromatic N) is 5. The Hall–Kier alpha value is -3.96. The van der Waals surface area contributed by atoms with E-state index in [1.807, 2.05) is 61.5 Å². The van der Waals surface area contributed by atoms with Crippen molar-refractivity contribution in [3.05, 3.63) is 72.1 Å². The molecule has 4 rings (SSSR count). The number of benzene rings is 2. The first-order valence-corrected chi connectivity index (χ1v) is 12.2. The van der Waals surface area contributed by atoms with Crippen LogP contribution in [-0.2, 0) is 16.1 Å². The average Bonchev–Trinajstić information content (AvgIpc) is 3.46. The third-order valence-electron chi connectivity index (χ3n) is 4.94. The van der Waals surface area contributed by atoms with Crippen molar-refractivity contribution in [1.29, 1.82) is 0 Å². The van der Waals surface area contributed by atoms with Crippen LogP contribution < -0.4 is 19.4 Å². The fraction of sp³-hybridized carbons (Fsp3) is 0.240. The first-order valence-electron chi connectivity index (χ1n) is 11.2. The van der Waals surface area contributed by atoms with Gasteiger partial charge in [0, 0.05) is 18.4 Å². The lowest BCUT2D eigenvalue weighted by molar-refractivity contribution is -0.763. The van der Waals surface area contributed by atoms with Crippen LogP contribution in [0.15, 0.2) is 81.0 Å². The summed E-state index contributed by atoms with van der Waals surface area (Å²) in [5.74, 6) is -0.0382. The maximum absolute atomic E-state index is 13.4. The van der Waals surface area contributed by atoms with Gasteiger partial charge in [0.1, 0.15) is 18.1 Å². The quantitative estimate of drug-likeness (QED) is 0.179. The van der Waals surface area contributed by atoms with Gasteiger partial charge >= 0.3 is 5.88 Å². The van der Waals surface area contributed by atoms with E-state index >= 15 is 0 Å². The summed E-state index contributed by atoms with van der Waals surface area (Å²) in [4.78, 5) is 23.3. The largest absolute Gasteiger partial charge is 0.861 e. The van der Waals surface area contributed by atoms with Crippen LogP contribution in [0, 0.1) is 0 Å². The van der Waals surface area contributed by atoms with E-state index < -0.39 is 5.90 Å². The van der Waals surface area contributed by atoms with Gasteiger partial charge in [-0.15, -0.1) is 0 Å². The molecule has 0 unspecified atom stereocenters. The van der Waals surface area contributed by atoms with E-state index in [-0.39, 0.29) is 23.2 Å². The molecule has 1 aromatic heterocycles. The third kappa shape index (κ3) is 6.18. The van der Waals surface area contributed by atoms with Gasteiger partial charge in [-0.1, -0.05) is 48.2 Å². The first kappa shape index (κ1) is 25.1. The monoisotopic (exact) mass is 507 g/mol. The molecule has 0 fully saturated rings. The number of aliphatic imine (C=N–C) groups is 2. The van der Waals surface area contributed by atoms with E-state index in [0.717, 1.165) is 17.3 Å². The second-order valence-electron chi connectivity index (χ2n) is 7.46. The van der Waals surface area contributed by atoms with Gasteiger partial charge in [0.2, 0.25) is 11.8 Å². The Morgan fingerprint density at radius 1 is 1.22 bits per heavy atom. The third-order valence-corrected chi connectivity index (χ3v) is 5.86. The van der Waals surface area contributed by atoms with Crippen LogP contribution in [0.2, 0.25) is 0 Å². The number of rotatable bonds is 10. The molecule has 1 aliphatic rings. The predicted octanol–water partition coefficient (Wildman–Crippen LogP) is 2.57. The van der Waals surface area contributed by atoms with Gasteiger partial charge in [-0.2, -0.15) is 0 Å². The van der Waals surface area contributed by atoms with Crippen molar-refractivity contribution in [2.24, 2.45) is 9.98 Å². The number of aromatic nitrogens is 2. The van der Waals surface area contributed by atoms with Gasteiger partial charge in [0.25, 0.3) is 12.1 Å². The molecule has 2 heterocycles. The van der Waals surface area contributed by atoms with Gasteiger partial charge in [-0.05, 0) is 41.8 Å². The number of amidine groups is 1. The summed E-state index contributed by atoms with van der Waals surface area (Å²) in [5.41, 5.74) is 1.63. The van der Waals surface area contributed by atoms with E-state index in [9.17, 15) is 9.90 Å². The number of amides is 1. The number of methoxy groups -OCH3 is 1. The first-order chi connectivity index (χ1) is 17.6. The van der Waals surface area contributed by atoms with Gasteiger partial charge < -0.3 is 14.6 Å². The number of anilines is 1. The van der Waals surface area contributed by atoms with Crippen molar-refractivity contribution in [1.82, 2.24) is 5.27 Å². The molecule has 0 radical (unpaired) electrons. The lowest BCUT2D eigenvalue weighted by Gasteiger charge is -2.18. The van der Waals surface area contributed by atoms with Crippen molar-refractivity contribution in [2.45, 2.75) is 13.5 Å². The van der Waals surface area contributed by atoms with Crippen LogP contribution in [0.3, 0.4) is 0 Å². The minimum absolute atomic E-state index is 0.0446. The predicted molar refractivity (Wildman–Crippen MR) is 135 cm³/mol. The molecule has 0 spiro atoms. The molecule has 11 heteroatoms. The zero-order chi connectivity index (χ0) is 25.3. The Bertz CT molecular complexity index is 1290. The van der Waals surface area contributed by atoms with Crippen LogP contribution in [0.25, 0.3) is 6.08 Å². The normalized spacial score (nSPS) is 15.0. The number of para-hydroxylation sites is 2. The van der Waals surface area contributed by atoms with Crippen molar-refractivity contribution in [3.63, 3.8) is 0 Å². The second-order valence-corrected chi connectivity index (χ2v) is 8.40. The molecular formula is C25H25N5O5S. The minimum atomic E-state index is -0.447. The van der Waals surface area contributed by atoms with Gasteiger partial charge in [-0.3, -0.25) is 14.2 Å². The highest BCUT2D eigenvalue weighted by Gasteiger charge is 2.32. The molecule has 10 nitrogen and oxygen atoms in total. The molecular weight excluding hydrogens is 482 g/mol. The smallest absolute Gasteiger partial charge is 0.320 e. The second kappa shape index (κ2) is 12.1. The Morgan fingerprint density at radius 3 is 2.78 bits per heavy atom. The fourth-order valence-electron chi connectivity index (χ4n) is 3.32. The number of hydrogen-bond acceptors (Lipinski definition) is 9. The molecule has 0 atom stereocenters. The highest BCUT2D eigenvalue weighted by molar-refractivity contribution is 8.14. The van der Waals surface area contributed by atoms with E-state index in [1.165, 1.54) is 15.8 Å². The molecule has 0 bridgehead atoms. The Morgan fingerprint density at radius 2 is 2.00 bits per heavy atom. The van der Waals surface area contributed by atoms with Crippen LogP contribution in [0.4, 0.5) is 11.6 Å². The summed E-state index contributed by atoms with van der Waals surface area (Å²) in [6.45, 7) is 3.33. The zero-order valence-corrected chi connectivity index (χ0v) is 20.7. The summed E-state index contributed by atoms with van der Waals surface area (Å²) in [5, 5.41) is 16.7. The van der Waals surface area contributed by atoms with E-state index in [4.69, 9.17) is 14.0 Å². The highest BCUT2D eigenvalue weighted by atomic mass is 32.2. The van der Waals surface area contributed by atoms with Crippen LogP contribution in [-0.4, -0.2) is 48.3 Å².